The summed E-state index contributed by atoms with van der Waals surface area (Å²) in [5.41, 5.74) is 0.488. The minimum absolute atomic E-state index is 0.331. The van der Waals surface area contributed by atoms with Gasteiger partial charge in [0.25, 0.3) is 0 Å². The third-order valence-corrected chi connectivity index (χ3v) is 1.38. The molecule has 0 heterocycles. The Bertz CT molecular complexity index is 194. The second-order valence-corrected chi connectivity index (χ2v) is 2.59. The van der Waals surface area contributed by atoms with Gasteiger partial charge in [-0.25, -0.2) is 4.79 Å². The number of hydrogen-bond donors (Lipinski definition) is 0. The fourth-order valence-corrected chi connectivity index (χ4v) is 0.875. The van der Waals surface area contributed by atoms with E-state index in [2.05, 4.69) is 0 Å². The molecule has 0 aromatic carbocycles. The summed E-state index contributed by atoms with van der Waals surface area (Å²) < 4.78 is 4.76. The predicted octanol–water partition coefficient (Wildman–Crippen LogP) is 1.89. The predicted molar refractivity (Wildman–Crippen MR) is 48.7 cm³/mol. The molecule has 0 rings (SSSR count). The molecule has 0 aromatic rings. The minimum Gasteiger partial charge on any atom is -0.462 e. The highest BCUT2D eigenvalue weighted by molar-refractivity contribution is 7.80. The molecule has 0 amide bonds. The lowest BCUT2D eigenvalue weighted by Gasteiger charge is -2.02. The number of hydrogen-bond acceptors (Lipinski definition) is 3. The highest BCUT2D eigenvalue weighted by Crippen LogP contribution is 2.01. The van der Waals surface area contributed by atoms with Crippen LogP contribution < -0.4 is 0 Å². The van der Waals surface area contributed by atoms with Crippen LogP contribution in [0.5, 0.6) is 0 Å². The van der Waals surface area contributed by atoms with E-state index in [1.165, 1.54) is 0 Å². The molecule has 0 radical (unpaired) electrons. The van der Waals surface area contributed by atoms with E-state index >= 15 is 0 Å². The van der Waals surface area contributed by atoms with Crippen molar-refractivity contribution in [3.8, 4) is 0 Å². The summed E-state index contributed by atoms with van der Waals surface area (Å²) in [5, 5.41) is 0. The molecule has 0 aromatic heterocycles. The topological polar surface area (TPSA) is 26.3 Å². The molecule has 0 spiro atoms. The molecule has 0 unspecified atom stereocenters. The average Bonchev–Trinajstić information content (AvgIpc) is 1.88. The first-order valence-corrected chi connectivity index (χ1v) is 3.88. The van der Waals surface area contributed by atoms with Crippen LogP contribution >= 0.6 is 12.2 Å². The monoisotopic (exact) mass is 172 g/mol. The number of allylic oxidation sites excluding steroid dienone is 1. The third-order valence-electron chi connectivity index (χ3n) is 1.16. The van der Waals surface area contributed by atoms with Crippen molar-refractivity contribution in [2.45, 2.75) is 20.8 Å². The number of rotatable bonds is 3. The van der Waals surface area contributed by atoms with Gasteiger partial charge >= 0.3 is 5.97 Å². The van der Waals surface area contributed by atoms with Crippen molar-refractivity contribution >= 4 is 23.1 Å². The molecule has 0 saturated heterocycles. The molecule has 0 saturated carbocycles. The maximum Gasteiger partial charge on any atom is 0.338 e. The largest absolute Gasteiger partial charge is 0.462 e. The maximum atomic E-state index is 11.0. The maximum absolute atomic E-state index is 11.0. The lowest BCUT2D eigenvalue weighted by atomic mass is 10.2. The zero-order chi connectivity index (χ0) is 8.85. The molecule has 0 aliphatic rings. The molecule has 3 heteroatoms. The Labute approximate surface area is 72.2 Å². The lowest BCUT2D eigenvalue weighted by Crippen LogP contribution is -2.11. The van der Waals surface area contributed by atoms with E-state index in [1.54, 1.807) is 26.8 Å². The normalized spacial score (nSPS) is 11.0. The van der Waals surface area contributed by atoms with Crippen molar-refractivity contribution in [1.29, 1.82) is 0 Å². The number of esters is 1. The van der Waals surface area contributed by atoms with E-state index in [1.807, 2.05) is 0 Å². The van der Waals surface area contributed by atoms with Crippen LogP contribution in [0.25, 0.3) is 0 Å². The molecular formula is C8H12O2S. The van der Waals surface area contributed by atoms with Gasteiger partial charge in [-0.2, -0.15) is 0 Å². The Kier molecular flexibility index (Phi) is 4.70. The minimum atomic E-state index is -0.331. The molecule has 0 fully saturated rings. The Balaban J connectivity index is 4.29. The molecule has 0 bridgehead atoms. The van der Waals surface area contributed by atoms with Crippen LogP contribution in [-0.4, -0.2) is 17.4 Å². The van der Waals surface area contributed by atoms with Gasteiger partial charge in [0.05, 0.1) is 12.2 Å². The Morgan fingerprint density at radius 1 is 1.64 bits per heavy atom. The quantitative estimate of drug-likeness (QED) is 0.369. The molecule has 11 heavy (non-hydrogen) atoms. The van der Waals surface area contributed by atoms with Gasteiger partial charge in [-0.3, -0.25) is 0 Å². The summed E-state index contributed by atoms with van der Waals surface area (Å²) in [6.45, 7) is 5.63. The lowest BCUT2D eigenvalue weighted by molar-refractivity contribution is -0.137. The highest BCUT2D eigenvalue weighted by Gasteiger charge is 2.09. The Hall–Kier alpha value is -0.700. The van der Waals surface area contributed by atoms with Gasteiger partial charge < -0.3 is 4.74 Å². The van der Waals surface area contributed by atoms with Crippen molar-refractivity contribution in [2.24, 2.45) is 0 Å². The zero-order valence-corrected chi connectivity index (χ0v) is 7.83. The standard InChI is InChI=1S/C8H12O2S/c1-4-7(6(3)11)8(9)10-5-2/h4H,5H2,1-3H3. The summed E-state index contributed by atoms with van der Waals surface area (Å²) in [7, 11) is 0. The molecule has 0 N–H and O–H groups in total. The summed E-state index contributed by atoms with van der Waals surface area (Å²) in [4.78, 5) is 11.6. The molecule has 2 nitrogen and oxygen atoms in total. The number of carbonyl (C=O) groups is 1. The SMILES string of the molecule is CC=C(C(=O)OCC)C(C)=S. The van der Waals surface area contributed by atoms with Crippen molar-refractivity contribution in [3.63, 3.8) is 0 Å². The molecular weight excluding hydrogens is 160 g/mol. The van der Waals surface area contributed by atoms with Crippen LogP contribution in [0, 0.1) is 0 Å². The van der Waals surface area contributed by atoms with Gasteiger partial charge in [0.2, 0.25) is 0 Å². The summed E-state index contributed by atoms with van der Waals surface area (Å²) in [5.74, 6) is -0.331. The summed E-state index contributed by atoms with van der Waals surface area (Å²) in [6, 6.07) is 0. The first kappa shape index (κ1) is 10.3. The number of ether oxygens (including phenoxy) is 1. The molecule has 62 valence electrons. The van der Waals surface area contributed by atoms with Crippen LogP contribution in [0.2, 0.25) is 0 Å². The number of thiocarbonyl (C=S) groups is 1. The second kappa shape index (κ2) is 5.02. The van der Waals surface area contributed by atoms with Gasteiger partial charge in [-0.1, -0.05) is 18.3 Å². The van der Waals surface area contributed by atoms with Crippen molar-refractivity contribution in [1.82, 2.24) is 0 Å². The summed E-state index contributed by atoms with van der Waals surface area (Å²) in [6.07, 6.45) is 1.67. The third kappa shape index (κ3) is 3.28. The van der Waals surface area contributed by atoms with E-state index in [-0.39, 0.29) is 5.97 Å². The van der Waals surface area contributed by atoms with Crippen molar-refractivity contribution in [3.05, 3.63) is 11.6 Å². The van der Waals surface area contributed by atoms with Crippen molar-refractivity contribution in [2.75, 3.05) is 6.61 Å². The van der Waals surface area contributed by atoms with E-state index in [4.69, 9.17) is 17.0 Å². The molecule has 0 atom stereocenters. The van der Waals surface area contributed by atoms with Crippen LogP contribution in [-0.2, 0) is 9.53 Å². The van der Waals surface area contributed by atoms with Gasteiger partial charge in [-0.15, -0.1) is 0 Å². The van der Waals surface area contributed by atoms with Crippen LogP contribution in [0.1, 0.15) is 20.8 Å². The fourth-order valence-electron chi connectivity index (χ4n) is 0.674. The zero-order valence-electron chi connectivity index (χ0n) is 7.01. The second-order valence-electron chi connectivity index (χ2n) is 1.98. The van der Waals surface area contributed by atoms with E-state index in [0.29, 0.717) is 17.0 Å². The first-order valence-electron chi connectivity index (χ1n) is 3.47. The smallest absolute Gasteiger partial charge is 0.338 e. The van der Waals surface area contributed by atoms with Gasteiger partial charge in [0, 0.05) is 4.86 Å². The van der Waals surface area contributed by atoms with Crippen LogP contribution in [0.4, 0.5) is 0 Å². The average molecular weight is 172 g/mol. The van der Waals surface area contributed by atoms with E-state index in [0.717, 1.165) is 0 Å². The Morgan fingerprint density at radius 2 is 2.18 bits per heavy atom. The first-order chi connectivity index (χ1) is 5.13. The molecule has 0 aliphatic heterocycles. The van der Waals surface area contributed by atoms with Gasteiger partial charge in [0.15, 0.2) is 0 Å². The summed E-state index contributed by atoms with van der Waals surface area (Å²) >= 11 is 4.84. The van der Waals surface area contributed by atoms with E-state index in [9.17, 15) is 4.79 Å². The van der Waals surface area contributed by atoms with E-state index < -0.39 is 0 Å². The van der Waals surface area contributed by atoms with Crippen molar-refractivity contribution < 1.29 is 9.53 Å². The highest BCUT2D eigenvalue weighted by atomic mass is 32.1. The van der Waals surface area contributed by atoms with Crippen LogP contribution in [0.3, 0.4) is 0 Å². The fraction of sp³-hybridized carbons (Fsp3) is 0.500. The Morgan fingerprint density at radius 3 is 2.45 bits per heavy atom. The van der Waals surface area contributed by atoms with Gasteiger partial charge in [-0.05, 0) is 20.8 Å². The van der Waals surface area contributed by atoms with Gasteiger partial charge in [0.1, 0.15) is 0 Å². The number of carbonyl (C=O) groups excluding carboxylic acids is 1. The molecule has 0 aliphatic carbocycles. The van der Waals surface area contributed by atoms with Crippen LogP contribution in [0.15, 0.2) is 11.6 Å².